The molecule has 6 heteroatoms. The standard InChI is InChI=1S/C14H8BrClN2O2/c15-12-4-3-10(6-11(12)14(19)20)18-13-5-9(16)2-1-8(13)7-17/h1-6,18H,(H,19,20). The first kappa shape index (κ1) is 14.4. The zero-order valence-electron chi connectivity index (χ0n) is 10.0. The van der Waals surface area contributed by atoms with Crippen LogP contribution in [0, 0.1) is 11.3 Å². The smallest absolute Gasteiger partial charge is 0.336 e. The Balaban J connectivity index is 2.40. The number of benzene rings is 2. The maximum absolute atomic E-state index is 11.1. The van der Waals surface area contributed by atoms with Crippen molar-refractivity contribution < 1.29 is 9.90 Å². The van der Waals surface area contributed by atoms with E-state index in [9.17, 15) is 4.79 Å². The van der Waals surface area contributed by atoms with Crippen LogP contribution in [0.4, 0.5) is 11.4 Å². The summed E-state index contributed by atoms with van der Waals surface area (Å²) in [7, 11) is 0. The van der Waals surface area contributed by atoms with Gasteiger partial charge in [-0.1, -0.05) is 11.6 Å². The summed E-state index contributed by atoms with van der Waals surface area (Å²) in [6.07, 6.45) is 0. The minimum absolute atomic E-state index is 0.135. The van der Waals surface area contributed by atoms with E-state index in [0.717, 1.165) is 0 Å². The second kappa shape index (κ2) is 5.95. The van der Waals surface area contributed by atoms with Crippen molar-refractivity contribution in [2.75, 3.05) is 5.32 Å². The van der Waals surface area contributed by atoms with Crippen LogP contribution < -0.4 is 5.32 Å². The van der Waals surface area contributed by atoms with E-state index in [0.29, 0.717) is 26.4 Å². The Morgan fingerprint density at radius 2 is 2.05 bits per heavy atom. The molecular formula is C14H8BrClN2O2. The maximum Gasteiger partial charge on any atom is 0.336 e. The average molecular weight is 352 g/mol. The van der Waals surface area contributed by atoms with Crippen LogP contribution in [0.15, 0.2) is 40.9 Å². The van der Waals surface area contributed by atoms with Crippen LogP contribution in [0.3, 0.4) is 0 Å². The van der Waals surface area contributed by atoms with Crippen molar-refractivity contribution in [1.82, 2.24) is 0 Å². The predicted molar refractivity (Wildman–Crippen MR) is 80.6 cm³/mol. The molecule has 0 aromatic heterocycles. The molecule has 2 aromatic carbocycles. The Morgan fingerprint density at radius 3 is 2.70 bits per heavy atom. The SMILES string of the molecule is N#Cc1ccc(Cl)cc1Nc1ccc(Br)c(C(=O)O)c1. The third kappa shape index (κ3) is 3.10. The molecule has 4 nitrogen and oxygen atoms in total. The van der Waals surface area contributed by atoms with Gasteiger partial charge in [-0.3, -0.25) is 0 Å². The third-order valence-electron chi connectivity index (χ3n) is 2.58. The lowest BCUT2D eigenvalue weighted by atomic mass is 10.1. The number of carboxylic acids is 1. The molecule has 0 heterocycles. The molecule has 2 rings (SSSR count). The highest BCUT2D eigenvalue weighted by atomic mass is 79.9. The zero-order valence-corrected chi connectivity index (χ0v) is 12.4. The number of carboxylic acid groups (broad SMARTS) is 1. The molecule has 2 aromatic rings. The van der Waals surface area contributed by atoms with E-state index >= 15 is 0 Å². The molecule has 0 saturated carbocycles. The number of halogens is 2. The van der Waals surface area contributed by atoms with E-state index in [4.69, 9.17) is 22.0 Å². The second-order valence-electron chi connectivity index (χ2n) is 3.93. The van der Waals surface area contributed by atoms with Gasteiger partial charge in [-0.15, -0.1) is 0 Å². The molecule has 0 saturated heterocycles. The summed E-state index contributed by atoms with van der Waals surface area (Å²) in [4.78, 5) is 11.1. The van der Waals surface area contributed by atoms with E-state index in [1.54, 1.807) is 30.3 Å². The first-order valence-corrected chi connectivity index (χ1v) is 6.68. The summed E-state index contributed by atoms with van der Waals surface area (Å²) in [5, 5.41) is 21.6. The molecule has 0 aliphatic carbocycles. The van der Waals surface area contributed by atoms with Gasteiger partial charge in [0, 0.05) is 15.2 Å². The number of nitrogens with zero attached hydrogens (tertiary/aromatic N) is 1. The summed E-state index contributed by atoms with van der Waals surface area (Å²) in [5.74, 6) is -1.04. The summed E-state index contributed by atoms with van der Waals surface area (Å²) < 4.78 is 0.488. The van der Waals surface area contributed by atoms with Crippen molar-refractivity contribution in [1.29, 1.82) is 5.26 Å². The van der Waals surface area contributed by atoms with Crippen LogP contribution in [-0.4, -0.2) is 11.1 Å². The van der Waals surface area contributed by atoms with Gasteiger partial charge in [-0.25, -0.2) is 4.79 Å². The van der Waals surface area contributed by atoms with Crippen LogP contribution in [0.5, 0.6) is 0 Å². The summed E-state index contributed by atoms with van der Waals surface area (Å²) >= 11 is 9.07. The van der Waals surface area contributed by atoms with E-state index in [-0.39, 0.29) is 5.56 Å². The highest BCUT2D eigenvalue weighted by Crippen LogP contribution is 2.27. The molecule has 0 amide bonds. The molecule has 0 bridgehead atoms. The molecule has 0 radical (unpaired) electrons. The number of nitriles is 1. The van der Waals surface area contributed by atoms with Crippen LogP contribution in [0.1, 0.15) is 15.9 Å². The zero-order chi connectivity index (χ0) is 14.7. The first-order chi connectivity index (χ1) is 9.51. The van der Waals surface area contributed by atoms with Crippen LogP contribution in [0.25, 0.3) is 0 Å². The van der Waals surface area contributed by atoms with Crippen molar-refractivity contribution in [3.8, 4) is 6.07 Å². The number of aromatic carboxylic acids is 1. The maximum atomic E-state index is 11.1. The van der Waals surface area contributed by atoms with Gasteiger partial charge < -0.3 is 10.4 Å². The Labute approximate surface area is 128 Å². The lowest BCUT2D eigenvalue weighted by molar-refractivity contribution is 0.0696. The van der Waals surface area contributed by atoms with Gasteiger partial charge in [0.1, 0.15) is 6.07 Å². The average Bonchev–Trinajstić information content (AvgIpc) is 2.41. The van der Waals surface area contributed by atoms with E-state index < -0.39 is 5.97 Å². The van der Waals surface area contributed by atoms with Crippen LogP contribution >= 0.6 is 27.5 Å². The third-order valence-corrected chi connectivity index (χ3v) is 3.50. The Kier molecular flexibility index (Phi) is 4.28. The molecule has 0 aliphatic heterocycles. The Morgan fingerprint density at radius 1 is 1.30 bits per heavy atom. The number of hydrogen-bond donors (Lipinski definition) is 2. The number of anilines is 2. The molecule has 20 heavy (non-hydrogen) atoms. The fourth-order valence-corrected chi connectivity index (χ4v) is 2.23. The quantitative estimate of drug-likeness (QED) is 0.858. The minimum Gasteiger partial charge on any atom is -0.478 e. The van der Waals surface area contributed by atoms with Crippen molar-refractivity contribution in [2.45, 2.75) is 0 Å². The van der Waals surface area contributed by atoms with Crippen LogP contribution in [-0.2, 0) is 0 Å². The van der Waals surface area contributed by atoms with Crippen molar-refractivity contribution >= 4 is 44.9 Å². The lowest BCUT2D eigenvalue weighted by Gasteiger charge is -2.10. The largest absolute Gasteiger partial charge is 0.478 e. The fourth-order valence-electron chi connectivity index (χ4n) is 1.64. The molecule has 0 atom stereocenters. The van der Waals surface area contributed by atoms with Crippen molar-refractivity contribution in [3.05, 3.63) is 57.0 Å². The van der Waals surface area contributed by atoms with Gasteiger partial charge in [-0.2, -0.15) is 5.26 Å². The van der Waals surface area contributed by atoms with Crippen molar-refractivity contribution in [2.24, 2.45) is 0 Å². The lowest BCUT2D eigenvalue weighted by Crippen LogP contribution is -2.00. The molecule has 0 fully saturated rings. The monoisotopic (exact) mass is 350 g/mol. The van der Waals surface area contributed by atoms with Gasteiger partial charge in [0.05, 0.1) is 16.8 Å². The molecular weight excluding hydrogens is 344 g/mol. The Bertz CT molecular complexity index is 726. The Hall–Kier alpha value is -2.03. The van der Waals surface area contributed by atoms with E-state index in [1.165, 1.54) is 6.07 Å². The molecule has 0 aliphatic rings. The number of hydrogen-bond acceptors (Lipinski definition) is 3. The molecule has 2 N–H and O–H groups in total. The first-order valence-electron chi connectivity index (χ1n) is 5.51. The normalized spacial score (nSPS) is 9.85. The summed E-state index contributed by atoms with van der Waals surface area (Å²) in [6, 6.07) is 11.7. The topological polar surface area (TPSA) is 73.1 Å². The summed E-state index contributed by atoms with van der Waals surface area (Å²) in [6.45, 7) is 0. The van der Waals surface area contributed by atoms with Gasteiger partial charge >= 0.3 is 5.97 Å². The number of rotatable bonds is 3. The van der Waals surface area contributed by atoms with Crippen molar-refractivity contribution in [3.63, 3.8) is 0 Å². The molecule has 0 spiro atoms. The number of carbonyl (C=O) groups is 1. The van der Waals surface area contributed by atoms with Gasteiger partial charge in [0.2, 0.25) is 0 Å². The van der Waals surface area contributed by atoms with Gasteiger partial charge in [-0.05, 0) is 52.3 Å². The van der Waals surface area contributed by atoms with Crippen LogP contribution in [0.2, 0.25) is 5.02 Å². The summed E-state index contributed by atoms with van der Waals surface area (Å²) in [5.41, 5.74) is 1.65. The minimum atomic E-state index is -1.04. The highest BCUT2D eigenvalue weighted by Gasteiger charge is 2.10. The molecule has 0 unspecified atom stereocenters. The van der Waals surface area contributed by atoms with E-state index in [2.05, 4.69) is 21.2 Å². The number of nitrogens with one attached hydrogen (secondary N) is 1. The van der Waals surface area contributed by atoms with E-state index in [1.807, 2.05) is 6.07 Å². The molecule has 100 valence electrons. The fraction of sp³-hybridized carbons (Fsp3) is 0. The predicted octanol–water partition coefficient (Wildman–Crippen LogP) is 4.42. The highest BCUT2D eigenvalue weighted by molar-refractivity contribution is 9.10. The van der Waals surface area contributed by atoms with Gasteiger partial charge in [0.15, 0.2) is 0 Å². The second-order valence-corrected chi connectivity index (χ2v) is 5.22. The van der Waals surface area contributed by atoms with Gasteiger partial charge in [0.25, 0.3) is 0 Å².